The largest absolute Gasteiger partial charge is 0.489 e. The molecule has 0 saturated carbocycles. The quantitative estimate of drug-likeness (QED) is 0.799. The minimum absolute atomic E-state index is 0.0314. The summed E-state index contributed by atoms with van der Waals surface area (Å²) in [5.74, 6) is 1.21. The first kappa shape index (κ1) is 18.9. The molecule has 2 aliphatic heterocycles. The van der Waals surface area contributed by atoms with E-state index in [1.807, 2.05) is 32.9 Å². The molecule has 1 unspecified atom stereocenters. The Morgan fingerprint density at radius 2 is 1.86 bits per heavy atom. The highest BCUT2D eigenvalue weighted by Gasteiger charge is 2.37. The Balaban J connectivity index is 1.51. The van der Waals surface area contributed by atoms with Crippen molar-refractivity contribution in [1.29, 1.82) is 0 Å². The van der Waals surface area contributed by atoms with Gasteiger partial charge in [0.1, 0.15) is 30.9 Å². The predicted molar refractivity (Wildman–Crippen MR) is 103 cm³/mol. The summed E-state index contributed by atoms with van der Waals surface area (Å²) in [5.41, 5.74) is 2.26. The maximum absolute atomic E-state index is 14.7. The van der Waals surface area contributed by atoms with E-state index in [0.29, 0.717) is 30.5 Å². The van der Waals surface area contributed by atoms with Crippen LogP contribution in [-0.2, 0) is 0 Å². The third kappa shape index (κ3) is 3.63. The number of rotatable bonds is 4. The number of aryl methyl sites for hydroxylation is 2. The Kier molecular flexibility index (Phi) is 5.10. The van der Waals surface area contributed by atoms with Gasteiger partial charge in [-0.15, -0.1) is 0 Å². The molecule has 1 saturated heterocycles. The van der Waals surface area contributed by atoms with Gasteiger partial charge in [0, 0.05) is 42.2 Å². The lowest BCUT2D eigenvalue weighted by molar-refractivity contribution is 0.119. The lowest BCUT2D eigenvalue weighted by Gasteiger charge is -2.31. The fourth-order valence-corrected chi connectivity index (χ4v) is 4.09. The Morgan fingerprint density at radius 1 is 1.14 bits per heavy atom. The zero-order valence-electron chi connectivity index (χ0n) is 16.7. The summed E-state index contributed by atoms with van der Waals surface area (Å²) < 4.78 is 31.9. The number of likely N-dealkylation sites (tertiary alicyclic amines) is 1. The van der Waals surface area contributed by atoms with Crippen LogP contribution in [0.1, 0.15) is 43.4 Å². The van der Waals surface area contributed by atoms with Crippen molar-refractivity contribution in [3.05, 3.63) is 41.1 Å². The number of pyridine rings is 2. The minimum atomic E-state index is -0.367. The standard InChI is InChI=1S/C21H26FN3O3/c1-12-9-16(10-13(2)23-12)28-18-5-6-25(14(18)3)15(4)20-17(22)11-19-21(24-20)27-8-7-26-19/h9-11,14-15,18H,5-8H2,1-4H3/t14-,15?,18+/m0/s1. The van der Waals surface area contributed by atoms with E-state index in [4.69, 9.17) is 14.2 Å². The molecular formula is C21H26FN3O3. The van der Waals surface area contributed by atoms with Gasteiger partial charge in [-0.05, 0) is 34.1 Å². The Hall–Kier alpha value is -2.41. The van der Waals surface area contributed by atoms with E-state index in [1.165, 1.54) is 6.07 Å². The predicted octanol–water partition coefficient (Wildman–Crippen LogP) is 3.61. The van der Waals surface area contributed by atoms with Crippen molar-refractivity contribution in [2.45, 2.75) is 52.3 Å². The SMILES string of the molecule is Cc1cc(O[C@@H]2CCN(C(C)c3nc4c(cc3F)OCCO4)[C@H]2C)cc(C)n1. The molecule has 4 rings (SSSR count). The van der Waals surface area contributed by atoms with Crippen molar-refractivity contribution < 1.29 is 18.6 Å². The second-order valence-electron chi connectivity index (χ2n) is 7.54. The highest BCUT2D eigenvalue weighted by molar-refractivity contribution is 5.37. The lowest BCUT2D eigenvalue weighted by Crippen LogP contribution is -2.37. The number of nitrogens with zero attached hydrogens (tertiary/aromatic N) is 3. The Labute approximate surface area is 164 Å². The molecule has 4 heterocycles. The maximum Gasteiger partial charge on any atom is 0.257 e. The highest BCUT2D eigenvalue weighted by Crippen LogP contribution is 2.36. The van der Waals surface area contributed by atoms with Crippen LogP contribution in [0, 0.1) is 19.7 Å². The molecule has 0 bridgehead atoms. The molecular weight excluding hydrogens is 361 g/mol. The number of ether oxygens (including phenoxy) is 3. The van der Waals surface area contributed by atoms with Gasteiger partial charge in [-0.1, -0.05) is 0 Å². The topological polar surface area (TPSA) is 56.7 Å². The summed E-state index contributed by atoms with van der Waals surface area (Å²) in [6, 6.07) is 5.21. The van der Waals surface area contributed by atoms with Gasteiger partial charge < -0.3 is 14.2 Å². The van der Waals surface area contributed by atoms with Gasteiger partial charge in [0.2, 0.25) is 0 Å². The van der Waals surface area contributed by atoms with Crippen LogP contribution in [-0.4, -0.2) is 46.8 Å². The van der Waals surface area contributed by atoms with Gasteiger partial charge >= 0.3 is 0 Å². The van der Waals surface area contributed by atoms with Crippen LogP contribution in [0.15, 0.2) is 18.2 Å². The maximum atomic E-state index is 14.7. The van der Waals surface area contributed by atoms with Crippen LogP contribution >= 0.6 is 0 Å². The van der Waals surface area contributed by atoms with Crippen LogP contribution in [0.5, 0.6) is 17.4 Å². The fourth-order valence-electron chi connectivity index (χ4n) is 4.09. The molecule has 0 N–H and O–H groups in total. The van der Waals surface area contributed by atoms with Gasteiger partial charge in [0.25, 0.3) is 5.88 Å². The first-order valence-corrected chi connectivity index (χ1v) is 9.76. The number of fused-ring (bicyclic) bond motifs is 1. The molecule has 0 aliphatic carbocycles. The molecule has 3 atom stereocenters. The van der Waals surface area contributed by atoms with Crippen molar-refractivity contribution in [3.8, 4) is 17.4 Å². The van der Waals surface area contributed by atoms with E-state index < -0.39 is 0 Å². The molecule has 0 aromatic carbocycles. The minimum Gasteiger partial charge on any atom is -0.489 e. The van der Waals surface area contributed by atoms with E-state index >= 15 is 0 Å². The number of hydrogen-bond acceptors (Lipinski definition) is 6. The van der Waals surface area contributed by atoms with Crippen LogP contribution in [0.2, 0.25) is 0 Å². The molecule has 2 aromatic rings. The third-order valence-electron chi connectivity index (χ3n) is 5.48. The first-order chi connectivity index (χ1) is 13.4. The summed E-state index contributed by atoms with van der Waals surface area (Å²) in [6.45, 7) is 9.67. The Bertz CT molecular complexity index is 856. The monoisotopic (exact) mass is 387 g/mol. The molecule has 150 valence electrons. The van der Waals surface area contributed by atoms with E-state index in [0.717, 1.165) is 30.1 Å². The summed E-state index contributed by atoms with van der Waals surface area (Å²) in [4.78, 5) is 11.0. The Morgan fingerprint density at radius 3 is 2.61 bits per heavy atom. The average molecular weight is 387 g/mol. The molecule has 6 nitrogen and oxygen atoms in total. The smallest absolute Gasteiger partial charge is 0.257 e. The van der Waals surface area contributed by atoms with E-state index in [2.05, 4.69) is 21.8 Å². The molecule has 7 heteroatoms. The van der Waals surface area contributed by atoms with Crippen LogP contribution in [0.4, 0.5) is 4.39 Å². The first-order valence-electron chi connectivity index (χ1n) is 9.76. The second-order valence-corrected chi connectivity index (χ2v) is 7.54. The zero-order chi connectivity index (χ0) is 19.8. The van der Waals surface area contributed by atoms with Gasteiger partial charge in [0.15, 0.2) is 5.75 Å². The normalized spacial score (nSPS) is 22.9. The van der Waals surface area contributed by atoms with E-state index in [-0.39, 0.29) is 24.0 Å². The van der Waals surface area contributed by atoms with Crippen molar-refractivity contribution >= 4 is 0 Å². The molecule has 2 aliphatic rings. The van der Waals surface area contributed by atoms with Gasteiger partial charge in [-0.3, -0.25) is 9.88 Å². The average Bonchev–Trinajstić information content (AvgIpc) is 3.00. The lowest BCUT2D eigenvalue weighted by atomic mass is 10.1. The van der Waals surface area contributed by atoms with Crippen molar-refractivity contribution in [2.24, 2.45) is 0 Å². The van der Waals surface area contributed by atoms with Crippen molar-refractivity contribution in [1.82, 2.24) is 14.9 Å². The molecule has 0 amide bonds. The molecule has 1 fully saturated rings. The summed E-state index contributed by atoms with van der Waals surface area (Å²) in [6.07, 6.45) is 0.905. The van der Waals surface area contributed by atoms with Gasteiger partial charge in [-0.2, -0.15) is 0 Å². The molecule has 28 heavy (non-hydrogen) atoms. The molecule has 0 radical (unpaired) electrons. The van der Waals surface area contributed by atoms with E-state index in [9.17, 15) is 4.39 Å². The number of aromatic nitrogens is 2. The zero-order valence-corrected chi connectivity index (χ0v) is 16.7. The third-order valence-corrected chi connectivity index (χ3v) is 5.48. The summed E-state index contributed by atoms with van der Waals surface area (Å²) in [7, 11) is 0. The van der Waals surface area contributed by atoms with Gasteiger partial charge in [-0.25, -0.2) is 9.37 Å². The van der Waals surface area contributed by atoms with Crippen LogP contribution in [0.25, 0.3) is 0 Å². The van der Waals surface area contributed by atoms with Crippen molar-refractivity contribution in [2.75, 3.05) is 19.8 Å². The van der Waals surface area contributed by atoms with Crippen molar-refractivity contribution in [3.63, 3.8) is 0 Å². The van der Waals surface area contributed by atoms with Crippen LogP contribution in [0.3, 0.4) is 0 Å². The second kappa shape index (κ2) is 7.54. The summed E-state index contributed by atoms with van der Waals surface area (Å²) >= 11 is 0. The fraction of sp³-hybridized carbons (Fsp3) is 0.524. The summed E-state index contributed by atoms with van der Waals surface area (Å²) in [5, 5.41) is 0. The number of hydrogen-bond donors (Lipinski definition) is 0. The highest BCUT2D eigenvalue weighted by atomic mass is 19.1. The molecule has 2 aromatic heterocycles. The van der Waals surface area contributed by atoms with E-state index in [1.54, 1.807) is 0 Å². The number of halogens is 1. The van der Waals surface area contributed by atoms with Crippen LogP contribution < -0.4 is 14.2 Å². The van der Waals surface area contributed by atoms with Gasteiger partial charge in [0.05, 0.1) is 11.7 Å². The molecule has 0 spiro atoms.